The topological polar surface area (TPSA) is 122 Å². The maximum Gasteiger partial charge on any atom is 0.223 e. The summed E-state index contributed by atoms with van der Waals surface area (Å²) in [5, 5.41) is 25.7. The van der Waals surface area contributed by atoms with Gasteiger partial charge < -0.3 is 10.4 Å². The van der Waals surface area contributed by atoms with Crippen molar-refractivity contribution in [1.82, 2.24) is 35.3 Å². The second-order valence-electron chi connectivity index (χ2n) is 9.99. The third-order valence-corrected chi connectivity index (χ3v) is 6.90. The number of halogens is 1. The third-order valence-electron chi connectivity index (χ3n) is 6.90. The zero-order valence-corrected chi connectivity index (χ0v) is 21.1. The predicted molar refractivity (Wildman–Crippen MR) is 134 cm³/mol. The molecule has 1 saturated carbocycles. The van der Waals surface area contributed by atoms with E-state index in [0.717, 1.165) is 34.4 Å². The lowest BCUT2D eigenvalue weighted by molar-refractivity contribution is -0.126. The van der Waals surface area contributed by atoms with Gasteiger partial charge in [-0.15, -0.1) is 0 Å². The standard InChI is InChI=1S/C27H30FN7O2/c1-16-8-22(11-23-10-17(2)33-34-23)32-24(9-16)27(37)7-6-19(12-27)26(36)31-18(3)20-4-5-25(29-13-20)35-15-21(28)14-30-35/h4-5,8-10,13-15,18-19,37H,6-7,11-12H2,1-3H3,(H,31,36)(H,33,34)/t18-,19-,27+/m0/s1. The van der Waals surface area contributed by atoms with E-state index in [0.29, 0.717) is 37.2 Å². The first-order valence-corrected chi connectivity index (χ1v) is 12.4. The summed E-state index contributed by atoms with van der Waals surface area (Å²) in [6.07, 6.45) is 5.93. The van der Waals surface area contributed by atoms with Gasteiger partial charge in [0.1, 0.15) is 5.60 Å². The van der Waals surface area contributed by atoms with Crippen molar-refractivity contribution in [2.24, 2.45) is 5.92 Å². The zero-order chi connectivity index (χ0) is 26.2. The van der Waals surface area contributed by atoms with Crippen LogP contribution in [0, 0.1) is 25.6 Å². The summed E-state index contributed by atoms with van der Waals surface area (Å²) in [6.45, 7) is 5.82. The van der Waals surface area contributed by atoms with Gasteiger partial charge in [0, 0.05) is 29.9 Å². The first-order chi connectivity index (χ1) is 17.7. The van der Waals surface area contributed by atoms with Gasteiger partial charge in [-0.3, -0.25) is 14.9 Å². The van der Waals surface area contributed by atoms with Crippen LogP contribution in [0.4, 0.5) is 4.39 Å². The summed E-state index contributed by atoms with van der Waals surface area (Å²) in [7, 11) is 0. The van der Waals surface area contributed by atoms with Crippen LogP contribution in [0.25, 0.3) is 5.82 Å². The molecule has 0 aliphatic heterocycles. The van der Waals surface area contributed by atoms with Gasteiger partial charge in [0.15, 0.2) is 11.6 Å². The molecule has 0 spiro atoms. The Morgan fingerprint density at radius 3 is 2.78 bits per heavy atom. The van der Waals surface area contributed by atoms with Crippen LogP contribution in [0.2, 0.25) is 0 Å². The first kappa shape index (κ1) is 24.8. The van der Waals surface area contributed by atoms with Crippen LogP contribution in [-0.2, 0) is 16.8 Å². The van der Waals surface area contributed by atoms with Gasteiger partial charge in [0.25, 0.3) is 0 Å². The highest BCUT2D eigenvalue weighted by Gasteiger charge is 2.43. The normalized spacial score (nSPS) is 20.2. The molecular weight excluding hydrogens is 473 g/mol. The minimum atomic E-state index is -1.16. The van der Waals surface area contributed by atoms with E-state index in [1.54, 1.807) is 12.3 Å². The number of rotatable bonds is 7. The number of H-pyrrole nitrogens is 1. The van der Waals surface area contributed by atoms with Crippen molar-refractivity contribution in [1.29, 1.82) is 0 Å². The number of amides is 1. The summed E-state index contributed by atoms with van der Waals surface area (Å²) in [6, 6.07) is 9.16. The Balaban J connectivity index is 1.23. The van der Waals surface area contributed by atoms with E-state index in [1.807, 2.05) is 45.0 Å². The summed E-state index contributed by atoms with van der Waals surface area (Å²) in [5.41, 5.74) is 3.99. The van der Waals surface area contributed by atoms with E-state index in [2.05, 4.69) is 25.6 Å². The number of aromatic amines is 1. The molecule has 1 amide bonds. The Morgan fingerprint density at radius 1 is 1.27 bits per heavy atom. The van der Waals surface area contributed by atoms with Crippen LogP contribution >= 0.6 is 0 Å². The van der Waals surface area contributed by atoms with E-state index in [9.17, 15) is 14.3 Å². The van der Waals surface area contributed by atoms with Crippen LogP contribution in [0.5, 0.6) is 0 Å². The third kappa shape index (κ3) is 5.43. The van der Waals surface area contributed by atoms with Gasteiger partial charge >= 0.3 is 0 Å². The van der Waals surface area contributed by atoms with Gasteiger partial charge in [0.05, 0.1) is 29.8 Å². The minimum absolute atomic E-state index is 0.110. The number of hydrogen-bond acceptors (Lipinski definition) is 6. The lowest BCUT2D eigenvalue weighted by atomic mass is 9.93. The molecule has 1 fully saturated rings. The molecule has 0 saturated heterocycles. The van der Waals surface area contributed by atoms with Crippen LogP contribution in [0.15, 0.2) is 48.9 Å². The van der Waals surface area contributed by atoms with E-state index in [1.165, 1.54) is 10.9 Å². The summed E-state index contributed by atoms with van der Waals surface area (Å²) >= 11 is 0. The van der Waals surface area contributed by atoms with Gasteiger partial charge in [-0.1, -0.05) is 6.07 Å². The lowest BCUT2D eigenvalue weighted by Crippen LogP contribution is -2.33. The molecule has 37 heavy (non-hydrogen) atoms. The van der Waals surface area contributed by atoms with E-state index >= 15 is 0 Å². The van der Waals surface area contributed by atoms with E-state index in [-0.39, 0.29) is 17.9 Å². The highest BCUT2D eigenvalue weighted by Crippen LogP contribution is 2.42. The van der Waals surface area contributed by atoms with Gasteiger partial charge in [-0.05, 0) is 75.4 Å². The van der Waals surface area contributed by atoms with Gasteiger partial charge in [-0.2, -0.15) is 10.2 Å². The van der Waals surface area contributed by atoms with Crippen LogP contribution < -0.4 is 5.32 Å². The fourth-order valence-electron chi connectivity index (χ4n) is 4.93. The highest BCUT2D eigenvalue weighted by atomic mass is 19.1. The van der Waals surface area contributed by atoms with E-state index in [4.69, 9.17) is 4.98 Å². The smallest absolute Gasteiger partial charge is 0.223 e. The molecule has 1 aliphatic rings. The Bertz CT molecular complexity index is 1410. The average molecular weight is 504 g/mol. The molecule has 4 aromatic heterocycles. The molecule has 4 heterocycles. The Kier molecular flexibility index (Phi) is 6.59. The number of aryl methyl sites for hydroxylation is 2. The largest absolute Gasteiger partial charge is 0.384 e. The quantitative estimate of drug-likeness (QED) is 0.354. The Morgan fingerprint density at radius 2 is 2.11 bits per heavy atom. The van der Waals surface area contributed by atoms with Crippen molar-refractivity contribution in [2.45, 2.75) is 58.1 Å². The second kappa shape index (κ2) is 9.85. The average Bonchev–Trinajstić information content (AvgIpc) is 3.59. The number of carbonyl (C=O) groups excluding carboxylic acids is 1. The number of pyridine rings is 2. The first-order valence-electron chi connectivity index (χ1n) is 12.4. The Hall–Kier alpha value is -3.92. The Labute approximate surface area is 214 Å². The number of nitrogens with zero attached hydrogens (tertiary/aromatic N) is 5. The van der Waals surface area contributed by atoms with Gasteiger partial charge in [0.2, 0.25) is 5.91 Å². The molecule has 10 heteroatoms. The monoisotopic (exact) mass is 503 g/mol. The van der Waals surface area contributed by atoms with Crippen LogP contribution in [0.3, 0.4) is 0 Å². The molecule has 192 valence electrons. The zero-order valence-electron chi connectivity index (χ0n) is 21.1. The molecule has 0 aromatic carbocycles. The molecule has 0 unspecified atom stereocenters. The molecule has 0 bridgehead atoms. The van der Waals surface area contributed by atoms with Crippen molar-refractivity contribution < 1.29 is 14.3 Å². The van der Waals surface area contributed by atoms with Crippen molar-refractivity contribution in [2.75, 3.05) is 0 Å². The second-order valence-corrected chi connectivity index (χ2v) is 9.99. The number of hydrogen-bond donors (Lipinski definition) is 3. The SMILES string of the molecule is Cc1cc(Cc2cc(C)[nH]n2)nc([C@@]2(O)CC[C@H](C(=O)N[C@@H](C)c3ccc(-n4cc(F)cn4)nc3)C2)c1. The molecule has 0 radical (unpaired) electrons. The summed E-state index contributed by atoms with van der Waals surface area (Å²) in [5.74, 6) is -0.389. The molecule has 3 N–H and O–H groups in total. The van der Waals surface area contributed by atoms with E-state index < -0.39 is 11.4 Å². The molecule has 3 atom stereocenters. The maximum absolute atomic E-state index is 13.2. The lowest BCUT2D eigenvalue weighted by Gasteiger charge is -2.24. The fraction of sp³-hybridized carbons (Fsp3) is 0.370. The minimum Gasteiger partial charge on any atom is -0.384 e. The van der Waals surface area contributed by atoms with Crippen molar-refractivity contribution in [3.8, 4) is 5.82 Å². The number of nitrogens with one attached hydrogen (secondary N) is 2. The van der Waals surface area contributed by atoms with Gasteiger partial charge in [-0.25, -0.2) is 14.1 Å². The summed E-state index contributed by atoms with van der Waals surface area (Å²) < 4.78 is 14.6. The number of carbonyl (C=O) groups is 1. The predicted octanol–water partition coefficient (Wildman–Crippen LogP) is 3.60. The molecule has 1 aliphatic carbocycles. The molecular formula is C27H30FN7O2. The van der Waals surface area contributed by atoms with Crippen molar-refractivity contribution in [3.63, 3.8) is 0 Å². The maximum atomic E-state index is 13.2. The summed E-state index contributed by atoms with van der Waals surface area (Å²) in [4.78, 5) is 22.2. The highest BCUT2D eigenvalue weighted by molar-refractivity contribution is 5.79. The van der Waals surface area contributed by atoms with Crippen molar-refractivity contribution >= 4 is 5.91 Å². The fourth-order valence-corrected chi connectivity index (χ4v) is 4.93. The van der Waals surface area contributed by atoms with Crippen LogP contribution in [-0.4, -0.2) is 41.0 Å². The van der Waals surface area contributed by atoms with Crippen LogP contribution in [0.1, 0.15) is 66.1 Å². The number of aliphatic hydroxyl groups is 1. The molecule has 4 aromatic rings. The number of aromatic nitrogens is 6. The van der Waals surface area contributed by atoms with Crippen molar-refractivity contribution in [3.05, 3.63) is 88.6 Å². The molecule has 5 rings (SSSR count). The molecule has 9 nitrogen and oxygen atoms in total.